The van der Waals surface area contributed by atoms with Crippen LogP contribution in [0, 0.1) is 0 Å². The normalized spacial score (nSPS) is 18.6. The van der Waals surface area contributed by atoms with Crippen LogP contribution in [0.1, 0.15) is 40.9 Å². The minimum absolute atomic E-state index is 0. The Morgan fingerprint density at radius 3 is 2.65 bits per heavy atom. The molecule has 0 spiro atoms. The van der Waals surface area contributed by atoms with Gasteiger partial charge in [0.15, 0.2) is 0 Å². The lowest BCUT2D eigenvalue weighted by molar-refractivity contribution is 0.153. The maximum Gasteiger partial charge on any atom is 0.107 e. The molecule has 1 atom stereocenters. The quantitative estimate of drug-likeness (QED) is 0.887. The summed E-state index contributed by atoms with van der Waals surface area (Å²) in [5, 5.41) is 4.78. The van der Waals surface area contributed by atoms with Gasteiger partial charge >= 0.3 is 0 Å². The first-order valence-corrected chi connectivity index (χ1v) is 9.09. The van der Waals surface area contributed by atoms with Gasteiger partial charge < -0.3 is 5.32 Å². The predicted octanol–water partition coefficient (Wildman–Crippen LogP) is 3.84. The molecule has 5 heteroatoms. The van der Waals surface area contributed by atoms with E-state index in [1.807, 2.05) is 17.5 Å². The molecule has 126 valence electrons. The first-order valence-electron chi connectivity index (χ1n) is 8.27. The Labute approximate surface area is 149 Å². The van der Waals surface area contributed by atoms with Crippen LogP contribution >= 0.6 is 23.7 Å². The summed E-state index contributed by atoms with van der Waals surface area (Å²) in [5.41, 5.74) is 2.82. The van der Waals surface area contributed by atoms with Gasteiger partial charge in [-0.2, -0.15) is 0 Å². The van der Waals surface area contributed by atoms with E-state index in [4.69, 9.17) is 0 Å². The molecule has 0 radical (unpaired) electrons. The van der Waals surface area contributed by atoms with Crippen LogP contribution in [0.25, 0.3) is 0 Å². The van der Waals surface area contributed by atoms with Crippen LogP contribution in [0.2, 0.25) is 0 Å². The topological polar surface area (TPSA) is 28.2 Å². The summed E-state index contributed by atoms with van der Waals surface area (Å²) in [6.45, 7) is 8.54. The van der Waals surface area contributed by atoms with Crippen molar-refractivity contribution in [2.45, 2.75) is 39.3 Å². The second-order valence-electron chi connectivity index (χ2n) is 5.86. The van der Waals surface area contributed by atoms with Crippen molar-refractivity contribution in [2.24, 2.45) is 0 Å². The van der Waals surface area contributed by atoms with Gasteiger partial charge in [0.2, 0.25) is 0 Å². The first-order chi connectivity index (χ1) is 10.8. The Balaban J connectivity index is 0.00000192. The van der Waals surface area contributed by atoms with Crippen molar-refractivity contribution in [1.29, 1.82) is 0 Å². The third kappa shape index (κ3) is 4.54. The van der Waals surface area contributed by atoms with Crippen molar-refractivity contribution in [3.63, 3.8) is 0 Å². The number of rotatable bonds is 5. The van der Waals surface area contributed by atoms with Crippen LogP contribution in [-0.2, 0) is 19.4 Å². The molecule has 0 saturated carbocycles. The maximum atomic E-state index is 4.59. The molecule has 23 heavy (non-hydrogen) atoms. The molecule has 1 aromatic heterocycles. The highest BCUT2D eigenvalue weighted by molar-refractivity contribution is 7.11. The van der Waals surface area contributed by atoms with Crippen LogP contribution in [0.15, 0.2) is 30.5 Å². The summed E-state index contributed by atoms with van der Waals surface area (Å²) in [6, 6.07) is 9.57. The molecule has 1 aliphatic rings. The zero-order chi connectivity index (χ0) is 15.4. The molecule has 2 aromatic rings. The van der Waals surface area contributed by atoms with Crippen LogP contribution in [0.3, 0.4) is 0 Å². The van der Waals surface area contributed by atoms with E-state index < -0.39 is 0 Å². The zero-order valence-corrected chi connectivity index (χ0v) is 15.6. The van der Waals surface area contributed by atoms with E-state index in [2.05, 4.69) is 53.3 Å². The smallest absolute Gasteiger partial charge is 0.107 e. The number of nitrogens with one attached hydrogen (secondary N) is 1. The molecule has 1 fully saturated rings. The molecule has 1 aromatic carbocycles. The first kappa shape index (κ1) is 18.4. The zero-order valence-electron chi connectivity index (χ0n) is 13.9. The second kappa shape index (κ2) is 8.78. The van der Waals surface area contributed by atoms with E-state index in [1.165, 1.54) is 21.0 Å². The minimum atomic E-state index is 0. The fourth-order valence-corrected chi connectivity index (χ4v) is 3.89. The molecule has 0 bridgehead atoms. The fourth-order valence-electron chi connectivity index (χ4n) is 3.00. The molecule has 2 heterocycles. The molecule has 0 amide bonds. The van der Waals surface area contributed by atoms with Crippen molar-refractivity contribution < 1.29 is 0 Å². The van der Waals surface area contributed by atoms with Crippen LogP contribution in [-0.4, -0.2) is 29.5 Å². The summed E-state index contributed by atoms with van der Waals surface area (Å²) in [6.07, 6.45) is 4.22. The standard InChI is InChI=1S/C18H25N3S.ClH/c1-3-14-5-7-15(8-6-14)17-12-19-9-10-21(17)13-18-20-11-16(4-2)22-18;/h5-8,11,17,19H,3-4,9-10,12-13H2,1-2H3;1H. The Kier molecular flexibility index (Phi) is 7.03. The van der Waals surface area contributed by atoms with Crippen LogP contribution in [0.4, 0.5) is 0 Å². The predicted molar refractivity (Wildman–Crippen MR) is 101 cm³/mol. The lowest BCUT2D eigenvalue weighted by Crippen LogP contribution is -2.45. The maximum absolute atomic E-state index is 4.59. The second-order valence-corrected chi connectivity index (χ2v) is 7.06. The van der Waals surface area contributed by atoms with E-state index in [0.29, 0.717) is 6.04 Å². The van der Waals surface area contributed by atoms with Crippen molar-refractivity contribution in [3.8, 4) is 0 Å². The van der Waals surface area contributed by atoms with E-state index in [0.717, 1.165) is 39.0 Å². The van der Waals surface area contributed by atoms with Gasteiger partial charge in [-0.15, -0.1) is 23.7 Å². The van der Waals surface area contributed by atoms with Crippen molar-refractivity contribution in [3.05, 3.63) is 51.5 Å². The number of piperazine rings is 1. The van der Waals surface area contributed by atoms with Crippen LogP contribution in [0.5, 0.6) is 0 Å². The highest BCUT2D eigenvalue weighted by Crippen LogP contribution is 2.26. The molecule has 1 saturated heterocycles. The number of benzene rings is 1. The number of hydrogen-bond acceptors (Lipinski definition) is 4. The number of nitrogens with zero attached hydrogens (tertiary/aromatic N) is 2. The minimum Gasteiger partial charge on any atom is -0.314 e. The van der Waals surface area contributed by atoms with E-state index >= 15 is 0 Å². The van der Waals surface area contributed by atoms with E-state index in [-0.39, 0.29) is 12.4 Å². The molecule has 1 aliphatic heterocycles. The third-order valence-electron chi connectivity index (χ3n) is 4.42. The average molecular weight is 352 g/mol. The van der Waals surface area contributed by atoms with Gasteiger partial charge in [0.1, 0.15) is 5.01 Å². The summed E-state index contributed by atoms with van der Waals surface area (Å²) >= 11 is 1.86. The van der Waals surface area contributed by atoms with Crippen molar-refractivity contribution in [2.75, 3.05) is 19.6 Å². The van der Waals surface area contributed by atoms with Gasteiger partial charge in [0.25, 0.3) is 0 Å². The van der Waals surface area contributed by atoms with E-state index in [1.54, 1.807) is 0 Å². The van der Waals surface area contributed by atoms with Gasteiger partial charge in [-0.1, -0.05) is 38.1 Å². The molecular formula is C18H26ClN3S. The highest BCUT2D eigenvalue weighted by Gasteiger charge is 2.24. The Hall–Kier alpha value is -0.940. The summed E-state index contributed by atoms with van der Waals surface area (Å²) in [4.78, 5) is 8.54. The molecule has 3 rings (SSSR count). The molecule has 1 N–H and O–H groups in total. The summed E-state index contributed by atoms with van der Waals surface area (Å²) in [7, 11) is 0. The number of aryl methyl sites for hydroxylation is 2. The molecular weight excluding hydrogens is 326 g/mol. The van der Waals surface area contributed by atoms with Crippen LogP contribution < -0.4 is 5.32 Å². The van der Waals surface area contributed by atoms with E-state index in [9.17, 15) is 0 Å². The van der Waals surface area contributed by atoms with Gasteiger partial charge in [-0.25, -0.2) is 4.98 Å². The summed E-state index contributed by atoms with van der Waals surface area (Å²) in [5.74, 6) is 0. The molecule has 0 aliphatic carbocycles. The fraction of sp³-hybridized carbons (Fsp3) is 0.500. The Morgan fingerprint density at radius 2 is 2.00 bits per heavy atom. The third-order valence-corrected chi connectivity index (χ3v) is 5.54. The summed E-state index contributed by atoms with van der Waals surface area (Å²) < 4.78 is 0. The molecule has 1 unspecified atom stereocenters. The van der Waals surface area contributed by atoms with Gasteiger partial charge in [-0.3, -0.25) is 4.90 Å². The highest BCUT2D eigenvalue weighted by atomic mass is 35.5. The van der Waals surface area contributed by atoms with Gasteiger partial charge in [0, 0.05) is 36.8 Å². The van der Waals surface area contributed by atoms with Crippen molar-refractivity contribution in [1.82, 2.24) is 15.2 Å². The number of halogens is 1. The SMILES string of the molecule is CCc1ccc(C2CNCCN2Cc2ncc(CC)s2)cc1.Cl. The molecule has 3 nitrogen and oxygen atoms in total. The lowest BCUT2D eigenvalue weighted by atomic mass is 10.0. The monoisotopic (exact) mass is 351 g/mol. The Morgan fingerprint density at radius 1 is 1.22 bits per heavy atom. The Bertz CT molecular complexity index is 597. The van der Waals surface area contributed by atoms with Crippen molar-refractivity contribution >= 4 is 23.7 Å². The largest absolute Gasteiger partial charge is 0.314 e. The lowest BCUT2D eigenvalue weighted by Gasteiger charge is -2.36. The number of hydrogen-bond donors (Lipinski definition) is 1. The van der Waals surface area contributed by atoms with Gasteiger partial charge in [-0.05, 0) is 24.0 Å². The average Bonchev–Trinajstić information content (AvgIpc) is 3.03. The number of aromatic nitrogens is 1. The number of thiazole rings is 1. The van der Waals surface area contributed by atoms with Gasteiger partial charge in [0.05, 0.1) is 6.54 Å².